The third kappa shape index (κ3) is 3.16. The van der Waals surface area contributed by atoms with Crippen LogP contribution in [-0.2, 0) is 0 Å². The van der Waals surface area contributed by atoms with Crippen LogP contribution >= 0.6 is 0 Å². The first-order valence-corrected chi connectivity index (χ1v) is 6.16. The van der Waals surface area contributed by atoms with Gasteiger partial charge in [0, 0.05) is 0 Å². The number of hydrogen-bond donors (Lipinski definition) is 1. The highest BCUT2D eigenvalue weighted by atomic mass is 19.1. The van der Waals surface area contributed by atoms with Crippen LogP contribution in [-0.4, -0.2) is 6.61 Å². The molecule has 0 saturated heterocycles. The molecule has 0 saturated carbocycles. The van der Waals surface area contributed by atoms with E-state index in [0.29, 0.717) is 18.1 Å². The van der Waals surface area contributed by atoms with Gasteiger partial charge >= 0.3 is 0 Å². The SMILES string of the molecule is CCCOc1ccccc1Oc1cccc(F)c1N. The Morgan fingerprint density at radius 2 is 1.68 bits per heavy atom. The number of rotatable bonds is 5. The number of ether oxygens (including phenoxy) is 2. The smallest absolute Gasteiger partial charge is 0.169 e. The monoisotopic (exact) mass is 261 g/mol. The van der Waals surface area contributed by atoms with Crippen molar-refractivity contribution < 1.29 is 13.9 Å². The molecule has 3 nitrogen and oxygen atoms in total. The van der Waals surface area contributed by atoms with Gasteiger partial charge in [-0.25, -0.2) is 4.39 Å². The molecule has 0 amide bonds. The number of nitrogens with two attached hydrogens (primary N) is 1. The number of hydrogen-bond acceptors (Lipinski definition) is 3. The molecule has 0 radical (unpaired) electrons. The number of halogens is 1. The summed E-state index contributed by atoms with van der Waals surface area (Å²) >= 11 is 0. The summed E-state index contributed by atoms with van der Waals surface area (Å²) in [5, 5.41) is 0. The van der Waals surface area contributed by atoms with Crippen LogP contribution in [0.15, 0.2) is 42.5 Å². The molecular weight excluding hydrogens is 245 g/mol. The standard InChI is InChI=1S/C15H16FNO2/c1-2-10-18-12-7-3-4-8-13(12)19-14-9-5-6-11(16)15(14)17/h3-9H,2,10,17H2,1H3. The Balaban J connectivity index is 2.25. The van der Waals surface area contributed by atoms with Crippen LogP contribution in [0, 0.1) is 5.82 Å². The molecule has 2 aromatic rings. The molecule has 0 aromatic heterocycles. The summed E-state index contributed by atoms with van der Waals surface area (Å²) in [5.74, 6) is 0.929. The molecule has 0 bridgehead atoms. The number of benzene rings is 2. The van der Waals surface area contributed by atoms with Crippen LogP contribution < -0.4 is 15.2 Å². The second kappa shape index (κ2) is 6.09. The summed E-state index contributed by atoms with van der Waals surface area (Å²) < 4.78 is 24.5. The van der Waals surface area contributed by atoms with Crippen molar-refractivity contribution in [1.82, 2.24) is 0 Å². The minimum Gasteiger partial charge on any atom is -0.490 e. The molecule has 0 fully saturated rings. The van der Waals surface area contributed by atoms with E-state index >= 15 is 0 Å². The fourth-order valence-electron chi connectivity index (χ4n) is 1.59. The van der Waals surface area contributed by atoms with Gasteiger partial charge in [0.05, 0.1) is 6.61 Å². The lowest BCUT2D eigenvalue weighted by Crippen LogP contribution is -1.99. The summed E-state index contributed by atoms with van der Waals surface area (Å²) in [7, 11) is 0. The topological polar surface area (TPSA) is 44.5 Å². The lowest BCUT2D eigenvalue weighted by molar-refractivity contribution is 0.302. The Bertz CT molecular complexity index is 558. The van der Waals surface area contributed by atoms with E-state index in [1.807, 2.05) is 19.1 Å². The predicted octanol–water partition coefficient (Wildman–Crippen LogP) is 3.99. The van der Waals surface area contributed by atoms with Crippen LogP contribution in [0.2, 0.25) is 0 Å². The van der Waals surface area contributed by atoms with Gasteiger partial charge in [0.25, 0.3) is 0 Å². The van der Waals surface area contributed by atoms with Crippen LogP contribution in [0.4, 0.5) is 10.1 Å². The highest BCUT2D eigenvalue weighted by Gasteiger charge is 2.10. The molecule has 2 aromatic carbocycles. The van der Waals surface area contributed by atoms with E-state index in [2.05, 4.69) is 0 Å². The zero-order chi connectivity index (χ0) is 13.7. The van der Waals surface area contributed by atoms with Crippen LogP contribution in [0.1, 0.15) is 13.3 Å². The largest absolute Gasteiger partial charge is 0.490 e. The fourth-order valence-corrected chi connectivity index (χ4v) is 1.59. The molecule has 0 aliphatic rings. The Morgan fingerprint density at radius 1 is 1.00 bits per heavy atom. The first-order chi connectivity index (χ1) is 9.22. The summed E-state index contributed by atoms with van der Waals surface area (Å²) in [5.41, 5.74) is 5.63. The molecule has 19 heavy (non-hydrogen) atoms. The predicted molar refractivity (Wildman–Crippen MR) is 73.1 cm³/mol. The van der Waals surface area contributed by atoms with E-state index in [-0.39, 0.29) is 11.4 Å². The molecule has 0 aliphatic heterocycles. The van der Waals surface area contributed by atoms with Crippen molar-refractivity contribution >= 4 is 5.69 Å². The average molecular weight is 261 g/mol. The van der Waals surface area contributed by atoms with Crippen molar-refractivity contribution in [2.45, 2.75) is 13.3 Å². The van der Waals surface area contributed by atoms with Gasteiger partial charge in [0.15, 0.2) is 17.2 Å². The maximum Gasteiger partial charge on any atom is 0.169 e. The molecule has 4 heteroatoms. The summed E-state index contributed by atoms with van der Waals surface area (Å²) in [6, 6.07) is 11.7. The summed E-state index contributed by atoms with van der Waals surface area (Å²) in [6.45, 7) is 2.62. The molecule has 0 atom stereocenters. The minimum atomic E-state index is -0.496. The van der Waals surface area contributed by atoms with Crippen molar-refractivity contribution in [3.63, 3.8) is 0 Å². The Hall–Kier alpha value is -2.23. The Morgan fingerprint density at radius 3 is 2.42 bits per heavy atom. The molecule has 0 aliphatic carbocycles. The van der Waals surface area contributed by atoms with Gasteiger partial charge in [-0.2, -0.15) is 0 Å². The van der Waals surface area contributed by atoms with Gasteiger partial charge in [-0.1, -0.05) is 25.1 Å². The molecule has 0 unspecified atom stereocenters. The average Bonchev–Trinajstić information content (AvgIpc) is 2.43. The van der Waals surface area contributed by atoms with Crippen LogP contribution in [0.3, 0.4) is 0 Å². The van der Waals surface area contributed by atoms with E-state index in [0.717, 1.165) is 6.42 Å². The Kier molecular flexibility index (Phi) is 4.23. The van der Waals surface area contributed by atoms with Gasteiger partial charge in [-0.05, 0) is 30.7 Å². The Labute approximate surface area is 111 Å². The third-order valence-electron chi connectivity index (χ3n) is 2.54. The third-order valence-corrected chi connectivity index (χ3v) is 2.54. The zero-order valence-electron chi connectivity index (χ0n) is 10.7. The van der Waals surface area contributed by atoms with Crippen molar-refractivity contribution in [3.05, 3.63) is 48.3 Å². The normalized spacial score (nSPS) is 10.2. The van der Waals surface area contributed by atoms with Gasteiger partial charge in [0.2, 0.25) is 0 Å². The molecule has 2 rings (SSSR count). The quantitative estimate of drug-likeness (QED) is 0.828. The molecule has 100 valence electrons. The summed E-state index contributed by atoms with van der Waals surface area (Å²) in [4.78, 5) is 0. The number of nitrogen functional groups attached to an aromatic ring is 1. The first kappa shape index (κ1) is 13.2. The van der Waals surface area contributed by atoms with Gasteiger partial charge in [-0.15, -0.1) is 0 Å². The molecule has 2 N–H and O–H groups in total. The van der Waals surface area contributed by atoms with E-state index in [1.54, 1.807) is 24.3 Å². The maximum atomic E-state index is 13.3. The number of anilines is 1. The van der Waals surface area contributed by atoms with Crippen molar-refractivity contribution in [2.75, 3.05) is 12.3 Å². The fraction of sp³-hybridized carbons (Fsp3) is 0.200. The zero-order valence-corrected chi connectivity index (χ0v) is 10.7. The van der Waals surface area contributed by atoms with Crippen LogP contribution in [0.25, 0.3) is 0 Å². The summed E-state index contributed by atoms with van der Waals surface area (Å²) in [6.07, 6.45) is 0.899. The van der Waals surface area contributed by atoms with E-state index in [1.165, 1.54) is 6.07 Å². The van der Waals surface area contributed by atoms with E-state index in [4.69, 9.17) is 15.2 Å². The maximum absolute atomic E-state index is 13.3. The second-order valence-electron chi connectivity index (χ2n) is 4.05. The highest BCUT2D eigenvalue weighted by molar-refractivity contribution is 5.56. The molecule has 0 spiro atoms. The highest BCUT2D eigenvalue weighted by Crippen LogP contribution is 2.34. The lowest BCUT2D eigenvalue weighted by Gasteiger charge is -2.13. The van der Waals surface area contributed by atoms with Crippen molar-refractivity contribution in [3.8, 4) is 17.2 Å². The minimum absolute atomic E-state index is 0.00667. The number of para-hydroxylation sites is 3. The molecular formula is C15H16FNO2. The first-order valence-electron chi connectivity index (χ1n) is 6.16. The van der Waals surface area contributed by atoms with Crippen LogP contribution in [0.5, 0.6) is 17.2 Å². The van der Waals surface area contributed by atoms with Gasteiger partial charge in [0.1, 0.15) is 11.5 Å². The van der Waals surface area contributed by atoms with Gasteiger partial charge < -0.3 is 15.2 Å². The molecule has 0 heterocycles. The lowest BCUT2D eigenvalue weighted by atomic mass is 10.2. The second-order valence-corrected chi connectivity index (χ2v) is 4.05. The van der Waals surface area contributed by atoms with Gasteiger partial charge in [-0.3, -0.25) is 0 Å². The van der Waals surface area contributed by atoms with Crippen molar-refractivity contribution in [1.29, 1.82) is 0 Å². The van der Waals surface area contributed by atoms with E-state index < -0.39 is 5.82 Å². The van der Waals surface area contributed by atoms with E-state index in [9.17, 15) is 4.39 Å². The van der Waals surface area contributed by atoms with Crippen molar-refractivity contribution in [2.24, 2.45) is 0 Å².